The maximum Gasteiger partial charge on any atom is 0.222 e. The van der Waals surface area contributed by atoms with Gasteiger partial charge < -0.3 is 10.0 Å². The zero-order valence-electron chi connectivity index (χ0n) is 11.5. The van der Waals surface area contributed by atoms with Crippen molar-refractivity contribution < 1.29 is 9.90 Å². The summed E-state index contributed by atoms with van der Waals surface area (Å²) in [6.07, 6.45) is 1.44. The summed E-state index contributed by atoms with van der Waals surface area (Å²) in [5, 5.41) is 11.0. The molecule has 1 N–H and O–H groups in total. The third-order valence-electron chi connectivity index (χ3n) is 3.89. The van der Waals surface area contributed by atoms with Crippen molar-refractivity contribution in [1.29, 1.82) is 0 Å². The third-order valence-corrected chi connectivity index (χ3v) is 4.48. The summed E-state index contributed by atoms with van der Waals surface area (Å²) in [4.78, 5) is 13.9. The molecule has 2 atom stereocenters. The first-order valence-corrected chi connectivity index (χ1v) is 7.62. The number of hydrogen-bond acceptors (Lipinski definition) is 2. The fourth-order valence-corrected chi connectivity index (χ4v) is 2.90. The first-order chi connectivity index (χ1) is 9.47. The van der Waals surface area contributed by atoms with Crippen LogP contribution in [0.4, 0.5) is 0 Å². The standard InChI is InChI=1S/C15H19Cl2NO2/c1-10-6-7-18(9-14(10)19)15(20)5-3-11-2-4-12(16)8-13(11)17/h2,4,8,10,14,19H,3,5-7,9H2,1H3. The van der Waals surface area contributed by atoms with E-state index in [2.05, 4.69) is 0 Å². The van der Waals surface area contributed by atoms with Crippen LogP contribution in [-0.2, 0) is 11.2 Å². The number of likely N-dealkylation sites (tertiary alicyclic amines) is 1. The van der Waals surface area contributed by atoms with Crippen molar-refractivity contribution in [2.45, 2.75) is 32.3 Å². The molecule has 2 unspecified atom stereocenters. The van der Waals surface area contributed by atoms with Crippen LogP contribution in [0.5, 0.6) is 0 Å². The van der Waals surface area contributed by atoms with Crippen molar-refractivity contribution in [2.75, 3.05) is 13.1 Å². The summed E-state index contributed by atoms with van der Waals surface area (Å²) in [6.45, 7) is 3.18. The van der Waals surface area contributed by atoms with E-state index in [4.69, 9.17) is 23.2 Å². The van der Waals surface area contributed by atoms with E-state index in [1.807, 2.05) is 13.0 Å². The molecule has 2 rings (SSSR count). The van der Waals surface area contributed by atoms with Gasteiger partial charge >= 0.3 is 0 Å². The Bertz CT molecular complexity index is 493. The maximum atomic E-state index is 12.1. The van der Waals surface area contributed by atoms with E-state index >= 15 is 0 Å². The molecule has 0 radical (unpaired) electrons. The number of piperidine rings is 1. The van der Waals surface area contributed by atoms with Gasteiger partial charge in [0.15, 0.2) is 0 Å². The smallest absolute Gasteiger partial charge is 0.222 e. The Morgan fingerprint density at radius 3 is 2.85 bits per heavy atom. The molecule has 1 fully saturated rings. The van der Waals surface area contributed by atoms with Crippen LogP contribution in [0.25, 0.3) is 0 Å². The quantitative estimate of drug-likeness (QED) is 0.930. The predicted molar refractivity (Wildman–Crippen MR) is 81.2 cm³/mol. The Balaban J connectivity index is 1.89. The van der Waals surface area contributed by atoms with Crippen LogP contribution in [0.3, 0.4) is 0 Å². The molecule has 1 aromatic rings. The highest BCUT2D eigenvalue weighted by molar-refractivity contribution is 6.35. The van der Waals surface area contributed by atoms with Gasteiger partial charge in [0, 0.05) is 29.6 Å². The maximum absolute atomic E-state index is 12.1. The molecule has 0 spiro atoms. The molecule has 0 bridgehead atoms. The van der Waals surface area contributed by atoms with E-state index in [-0.39, 0.29) is 11.8 Å². The molecule has 1 heterocycles. The van der Waals surface area contributed by atoms with Crippen LogP contribution in [0.15, 0.2) is 18.2 Å². The second-order valence-electron chi connectivity index (χ2n) is 5.41. The number of rotatable bonds is 3. The van der Waals surface area contributed by atoms with Gasteiger partial charge in [0.25, 0.3) is 0 Å². The monoisotopic (exact) mass is 315 g/mol. The second kappa shape index (κ2) is 6.79. The molecular formula is C15H19Cl2NO2. The van der Waals surface area contributed by atoms with Crippen LogP contribution >= 0.6 is 23.2 Å². The summed E-state index contributed by atoms with van der Waals surface area (Å²) >= 11 is 11.9. The zero-order valence-corrected chi connectivity index (χ0v) is 13.0. The predicted octanol–water partition coefficient (Wildman–Crippen LogP) is 3.16. The number of hydrogen-bond donors (Lipinski definition) is 1. The fraction of sp³-hybridized carbons (Fsp3) is 0.533. The molecule has 0 aliphatic carbocycles. The minimum absolute atomic E-state index is 0.0713. The minimum Gasteiger partial charge on any atom is -0.391 e. The Hall–Kier alpha value is -0.770. The van der Waals surface area contributed by atoms with E-state index in [0.717, 1.165) is 18.5 Å². The van der Waals surface area contributed by atoms with E-state index in [0.29, 0.717) is 29.4 Å². The van der Waals surface area contributed by atoms with Gasteiger partial charge in [0.05, 0.1) is 6.10 Å². The molecule has 0 aromatic heterocycles. The summed E-state index contributed by atoms with van der Waals surface area (Å²) in [7, 11) is 0. The lowest BCUT2D eigenvalue weighted by molar-refractivity contribution is -0.135. The highest BCUT2D eigenvalue weighted by Gasteiger charge is 2.26. The van der Waals surface area contributed by atoms with Gasteiger partial charge in [-0.3, -0.25) is 4.79 Å². The number of nitrogens with zero attached hydrogens (tertiary/aromatic N) is 1. The van der Waals surface area contributed by atoms with Gasteiger partial charge in [-0.2, -0.15) is 0 Å². The first kappa shape index (κ1) is 15.6. The lowest BCUT2D eigenvalue weighted by atomic mass is 9.95. The molecule has 20 heavy (non-hydrogen) atoms. The van der Waals surface area contributed by atoms with Gasteiger partial charge in [-0.1, -0.05) is 36.2 Å². The summed E-state index contributed by atoms with van der Waals surface area (Å²) in [5.41, 5.74) is 0.926. The topological polar surface area (TPSA) is 40.5 Å². The number of amides is 1. The van der Waals surface area contributed by atoms with Gasteiger partial charge in [-0.15, -0.1) is 0 Å². The summed E-state index contributed by atoms with van der Waals surface area (Å²) < 4.78 is 0. The minimum atomic E-state index is -0.410. The van der Waals surface area contributed by atoms with Gasteiger partial charge in [-0.25, -0.2) is 0 Å². The molecule has 1 aliphatic heterocycles. The van der Waals surface area contributed by atoms with Crippen molar-refractivity contribution in [1.82, 2.24) is 4.90 Å². The van der Waals surface area contributed by atoms with Gasteiger partial charge in [-0.05, 0) is 36.5 Å². The van der Waals surface area contributed by atoms with E-state index in [9.17, 15) is 9.90 Å². The molecule has 3 nitrogen and oxygen atoms in total. The number of halogens is 2. The molecular weight excluding hydrogens is 297 g/mol. The van der Waals surface area contributed by atoms with Gasteiger partial charge in [0.1, 0.15) is 0 Å². The molecule has 1 saturated heterocycles. The van der Waals surface area contributed by atoms with Crippen LogP contribution in [0.2, 0.25) is 10.0 Å². The normalized spacial score (nSPS) is 22.9. The van der Waals surface area contributed by atoms with Crippen molar-refractivity contribution in [3.8, 4) is 0 Å². The zero-order chi connectivity index (χ0) is 14.7. The van der Waals surface area contributed by atoms with Gasteiger partial charge in [0.2, 0.25) is 5.91 Å². The Labute approximate surface area is 129 Å². The number of aliphatic hydroxyl groups excluding tert-OH is 1. The van der Waals surface area contributed by atoms with Crippen LogP contribution in [-0.4, -0.2) is 35.1 Å². The van der Waals surface area contributed by atoms with Crippen LogP contribution in [0.1, 0.15) is 25.3 Å². The largest absolute Gasteiger partial charge is 0.391 e. The van der Waals surface area contributed by atoms with Crippen molar-refractivity contribution in [3.05, 3.63) is 33.8 Å². The van der Waals surface area contributed by atoms with Crippen molar-refractivity contribution in [2.24, 2.45) is 5.92 Å². The Morgan fingerprint density at radius 1 is 1.45 bits per heavy atom. The van der Waals surface area contributed by atoms with Crippen LogP contribution < -0.4 is 0 Å². The highest BCUT2D eigenvalue weighted by Crippen LogP contribution is 2.23. The number of β-amino-alcohol motifs (C(OH)–C–C–N with tert-alkyl or cyclic N) is 1. The number of aryl methyl sites for hydroxylation is 1. The molecule has 110 valence electrons. The van der Waals surface area contributed by atoms with E-state index in [1.54, 1.807) is 17.0 Å². The third kappa shape index (κ3) is 3.87. The molecule has 5 heteroatoms. The highest BCUT2D eigenvalue weighted by atomic mass is 35.5. The number of aliphatic hydroxyl groups is 1. The van der Waals surface area contributed by atoms with Crippen LogP contribution in [0, 0.1) is 5.92 Å². The second-order valence-corrected chi connectivity index (χ2v) is 6.25. The van der Waals surface area contributed by atoms with E-state index < -0.39 is 6.10 Å². The van der Waals surface area contributed by atoms with Crippen molar-refractivity contribution >= 4 is 29.1 Å². The molecule has 1 amide bonds. The van der Waals surface area contributed by atoms with E-state index in [1.165, 1.54) is 0 Å². The molecule has 1 aromatic carbocycles. The number of benzene rings is 1. The number of carbonyl (C=O) groups excluding carboxylic acids is 1. The summed E-state index contributed by atoms with van der Waals surface area (Å²) in [5.74, 6) is 0.340. The Morgan fingerprint density at radius 2 is 2.20 bits per heavy atom. The lowest BCUT2D eigenvalue weighted by Crippen LogP contribution is -2.45. The Kier molecular flexibility index (Phi) is 5.30. The first-order valence-electron chi connectivity index (χ1n) is 6.87. The summed E-state index contributed by atoms with van der Waals surface area (Å²) in [6, 6.07) is 5.32. The molecule has 1 aliphatic rings. The van der Waals surface area contributed by atoms with Crippen molar-refractivity contribution in [3.63, 3.8) is 0 Å². The fourth-order valence-electron chi connectivity index (χ4n) is 2.40. The molecule has 0 saturated carbocycles. The average Bonchev–Trinajstić information content (AvgIpc) is 2.40. The SMILES string of the molecule is CC1CCN(C(=O)CCc2ccc(Cl)cc2Cl)CC1O. The lowest BCUT2D eigenvalue weighted by Gasteiger charge is -2.34. The number of carbonyl (C=O) groups is 1. The average molecular weight is 316 g/mol.